The molecule has 1 heterocycles. The van der Waals surface area contributed by atoms with Crippen LogP contribution in [0.25, 0.3) is 0 Å². The fraction of sp³-hybridized carbons (Fsp3) is 0.300. The molecule has 3 nitrogen and oxygen atoms in total. The van der Waals surface area contributed by atoms with E-state index in [1.54, 1.807) is 0 Å². The summed E-state index contributed by atoms with van der Waals surface area (Å²) in [7, 11) is 0. The highest BCUT2D eigenvalue weighted by molar-refractivity contribution is 5.80. The molecule has 0 fully saturated rings. The van der Waals surface area contributed by atoms with E-state index >= 15 is 0 Å². The minimum atomic E-state index is 0.572. The van der Waals surface area contributed by atoms with E-state index < -0.39 is 0 Å². The van der Waals surface area contributed by atoms with Gasteiger partial charge in [0.15, 0.2) is 6.29 Å². The van der Waals surface area contributed by atoms with Crippen LogP contribution in [0.1, 0.15) is 45.7 Å². The van der Waals surface area contributed by atoms with Gasteiger partial charge in [-0.1, -0.05) is 36.3 Å². The van der Waals surface area contributed by atoms with Crippen molar-refractivity contribution in [3.05, 3.63) is 64.5 Å². The Balaban J connectivity index is 1.79. The molecule has 118 valence electrons. The van der Waals surface area contributed by atoms with Crippen LogP contribution in [0.5, 0.6) is 0 Å². The summed E-state index contributed by atoms with van der Waals surface area (Å²) in [5.41, 5.74) is 4.13. The zero-order valence-corrected chi connectivity index (χ0v) is 13.6. The summed E-state index contributed by atoms with van der Waals surface area (Å²) < 4.78 is 5.62. The third-order valence-corrected chi connectivity index (χ3v) is 3.42. The van der Waals surface area contributed by atoms with Crippen molar-refractivity contribution in [3.63, 3.8) is 0 Å². The predicted molar refractivity (Wildman–Crippen MR) is 91.3 cm³/mol. The standard InChI is InChI=1S/C20H21NO2/c1-16-13-17(2)21-20(19(16)14-22)11-7-4-8-12-23-15-18-9-5-3-6-10-18/h3,5-6,9-10,13-14H,4,8,12,15H2,1-2H3. The van der Waals surface area contributed by atoms with E-state index in [-0.39, 0.29) is 0 Å². The summed E-state index contributed by atoms with van der Waals surface area (Å²) in [6.07, 6.45) is 2.41. The Labute approximate surface area is 137 Å². The fourth-order valence-corrected chi connectivity index (χ4v) is 2.26. The molecule has 23 heavy (non-hydrogen) atoms. The highest BCUT2D eigenvalue weighted by Gasteiger charge is 2.05. The van der Waals surface area contributed by atoms with Gasteiger partial charge in [0.05, 0.1) is 12.2 Å². The second-order valence-corrected chi connectivity index (χ2v) is 5.40. The molecule has 0 saturated carbocycles. The molecule has 1 aromatic heterocycles. The lowest BCUT2D eigenvalue weighted by atomic mass is 10.1. The Morgan fingerprint density at radius 3 is 2.74 bits per heavy atom. The molecular formula is C20H21NO2. The Bertz CT molecular complexity index is 712. The fourth-order valence-electron chi connectivity index (χ4n) is 2.26. The van der Waals surface area contributed by atoms with Crippen molar-refractivity contribution < 1.29 is 9.53 Å². The SMILES string of the molecule is Cc1cc(C)c(C=O)c(C#CCCCOCc2ccccc2)n1. The maximum Gasteiger partial charge on any atom is 0.153 e. The van der Waals surface area contributed by atoms with Gasteiger partial charge in [-0.3, -0.25) is 4.79 Å². The number of hydrogen-bond donors (Lipinski definition) is 0. The van der Waals surface area contributed by atoms with Crippen LogP contribution in [0, 0.1) is 25.7 Å². The third kappa shape index (κ3) is 5.36. The molecule has 0 unspecified atom stereocenters. The molecule has 0 aliphatic heterocycles. The number of ether oxygens (including phenoxy) is 1. The molecule has 0 amide bonds. The molecule has 2 rings (SSSR count). The molecule has 0 bridgehead atoms. The molecule has 0 saturated heterocycles. The minimum Gasteiger partial charge on any atom is -0.377 e. The number of nitrogens with zero attached hydrogens (tertiary/aromatic N) is 1. The molecule has 0 aliphatic rings. The first-order valence-electron chi connectivity index (χ1n) is 7.74. The number of aldehydes is 1. The summed E-state index contributed by atoms with van der Waals surface area (Å²) in [6.45, 7) is 5.11. The van der Waals surface area contributed by atoms with Crippen molar-refractivity contribution in [1.82, 2.24) is 4.98 Å². The number of pyridine rings is 1. The second-order valence-electron chi connectivity index (χ2n) is 5.40. The summed E-state index contributed by atoms with van der Waals surface area (Å²) in [5.74, 6) is 6.08. The first-order valence-corrected chi connectivity index (χ1v) is 7.74. The van der Waals surface area contributed by atoms with E-state index in [2.05, 4.69) is 16.8 Å². The normalized spacial score (nSPS) is 10.0. The molecule has 0 atom stereocenters. The van der Waals surface area contributed by atoms with Crippen LogP contribution in [0.3, 0.4) is 0 Å². The number of aromatic nitrogens is 1. The topological polar surface area (TPSA) is 39.2 Å². The zero-order chi connectivity index (χ0) is 16.5. The van der Waals surface area contributed by atoms with Crippen LogP contribution < -0.4 is 0 Å². The maximum atomic E-state index is 11.1. The lowest BCUT2D eigenvalue weighted by Gasteiger charge is -2.03. The smallest absolute Gasteiger partial charge is 0.153 e. The van der Waals surface area contributed by atoms with Crippen molar-refractivity contribution in [1.29, 1.82) is 0 Å². The number of aryl methyl sites for hydroxylation is 2. The van der Waals surface area contributed by atoms with Crippen LogP contribution in [0.4, 0.5) is 0 Å². The maximum absolute atomic E-state index is 11.1. The number of unbranched alkanes of at least 4 members (excludes halogenated alkanes) is 1. The molecule has 0 N–H and O–H groups in total. The largest absolute Gasteiger partial charge is 0.377 e. The van der Waals surface area contributed by atoms with Gasteiger partial charge in [0, 0.05) is 18.7 Å². The number of benzene rings is 1. The molecule has 2 aromatic rings. The average Bonchev–Trinajstić information content (AvgIpc) is 2.54. The van der Waals surface area contributed by atoms with Crippen molar-refractivity contribution in [2.45, 2.75) is 33.3 Å². The van der Waals surface area contributed by atoms with Crippen LogP contribution >= 0.6 is 0 Å². The van der Waals surface area contributed by atoms with Crippen molar-refractivity contribution in [2.24, 2.45) is 0 Å². The zero-order valence-electron chi connectivity index (χ0n) is 13.6. The average molecular weight is 307 g/mol. The van der Waals surface area contributed by atoms with Gasteiger partial charge in [-0.25, -0.2) is 4.98 Å². The quantitative estimate of drug-likeness (QED) is 0.462. The molecule has 1 aromatic carbocycles. The van der Waals surface area contributed by atoms with Gasteiger partial charge >= 0.3 is 0 Å². The summed E-state index contributed by atoms with van der Waals surface area (Å²) in [5, 5.41) is 0. The van der Waals surface area contributed by atoms with Crippen LogP contribution in [-0.4, -0.2) is 17.9 Å². The summed E-state index contributed by atoms with van der Waals surface area (Å²) in [6, 6.07) is 12.0. The van der Waals surface area contributed by atoms with Crippen LogP contribution in [0.2, 0.25) is 0 Å². The van der Waals surface area contributed by atoms with E-state index in [4.69, 9.17) is 4.74 Å². The monoisotopic (exact) mass is 307 g/mol. The highest BCUT2D eigenvalue weighted by atomic mass is 16.5. The van der Waals surface area contributed by atoms with Crippen LogP contribution in [0.15, 0.2) is 36.4 Å². The van der Waals surface area contributed by atoms with E-state index in [0.29, 0.717) is 24.5 Å². The summed E-state index contributed by atoms with van der Waals surface area (Å²) in [4.78, 5) is 15.5. The van der Waals surface area contributed by atoms with E-state index in [0.717, 1.165) is 30.4 Å². The van der Waals surface area contributed by atoms with E-state index in [1.165, 1.54) is 5.56 Å². The van der Waals surface area contributed by atoms with Gasteiger partial charge in [0.25, 0.3) is 0 Å². The Morgan fingerprint density at radius 1 is 1.22 bits per heavy atom. The second kappa shape index (κ2) is 8.87. The Hall–Kier alpha value is -2.44. The van der Waals surface area contributed by atoms with Crippen molar-refractivity contribution in [3.8, 4) is 11.8 Å². The summed E-state index contributed by atoms with van der Waals surface area (Å²) >= 11 is 0. The van der Waals surface area contributed by atoms with Crippen LogP contribution in [-0.2, 0) is 11.3 Å². The molecular weight excluding hydrogens is 286 g/mol. The van der Waals surface area contributed by atoms with Crippen molar-refractivity contribution >= 4 is 6.29 Å². The molecule has 0 spiro atoms. The predicted octanol–water partition coefficient (Wildman–Crippen LogP) is 3.86. The van der Waals surface area contributed by atoms with Gasteiger partial charge in [-0.05, 0) is 43.4 Å². The van der Waals surface area contributed by atoms with Gasteiger partial charge in [0.1, 0.15) is 5.69 Å². The minimum absolute atomic E-state index is 0.572. The number of carbonyl (C=O) groups excluding carboxylic acids is 1. The lowest BCUT2D eigenvalue weighted by molar-refractivity contribution is 0.112. The van der Waals surface area contributed by atoms with Gasteiger partial charge in [-0.2, -0.15) is 0 Å². The lowest BCUT2D eigenvalue weighted by Crippen LogP contribution is -1.98. The highest BCUT2D eigenvalue weighted by Crippen LogP contribution is 2.10. The van der Waals surface area contributed by atoms with Gasteiger partial charge in [-0.15, -0.1) is 0 Å². The number of hydrogen-bond acceptors (Lipinski definition) is 3. The molecule has 3 heteroatoms. The number of rotatable bonds is 6. The van der Waals surface area contributed by atoms with Gasteiger partial charge in [0.2, 0.25) is 0 Å². The van der Waals surface area contributed by atoms with Gasteiger partial charge < -0.3 is 4.74 Å². The van der Waals surface area contributed by atoms with Crippen molar-refractivity contribution in [2.75, 3.05) is 6.61 Å². The Kier molecular flexibility index (Phi) is 6.53. The number of carbonyl (C=O) groups is 1. The van der Waals surface area contributed by atoms with E-state index in [1.807, 2.05) is 50.2 Å². The Morgan fingerprint density at radius 2 is 2.00 bits per heavy atom. The first kappa shape index (κ1) is 16.9. The van der Waals surface area contributed by atoms with E-state index in [9.17, 15) is 4.79 Å². The molecule has 0 radical (unpaired) electrons. The molecule has 0 aliphatic carbocycles. The first-order chi connectivity index (χ1) is 11.2. The third-order valence-electron chi connectivity index (χ3n) is 3.42.